The third-order valence-electron chi connectivity index (χ3n) is 6.55. The summed E-state index contributed by atoms with van der Waals surface area (Å²) in [4.78, 5) is 8.14. The number of sulfonamides is 2. The predicted octanol–water partition coefficient (Wildman–Crippen LogP) is 2.59. The molecular formula is C23H28N4O5S2. The Morgan fingerprint density at radius 1 is 0.971 bits per heavy atom. The average Bonchev–Trinajstić information content (AvgIpc) is 3.53. The molecule has 2 N–H and O–H groups in total. The zero-order chi connectivity index (χ0) is 23.8. The van der Waals surface area contributed by atoms with Gasteiger partial charge in [0.25, 0.3) is 0 Å². The average molecular weight is 505 g/mol. The molecule has 2 aliphatic heterocycles. The summed E-state index contributed by atoms with van der Waals surface area (Å²) in [5, 5.41) is 0. The zero-order valence-electron chi connectivity index (χ0n) is 18.7. The number of fused-ring (bicyclic) bond motifs is 1. The second kappa shape index (κ2) is 9.38. The summed E-state index contributed by atoms with van der Waals surface area (Å²) in [7, 11) is -7.45. The molecule has 2 aromatic carbocycles. The molecule has 2 saturated heterocycles. The number of hydrogen-bond acceptors (Lipinski definition) is 6. The first-order valence-electron chi connectivity index (χ1n) is 11.5. The number of imidazole rings is 1. The maximum absolute atomic E-state index is 13.2. The van der Waals surface area contributed by atoms with E-state index in [0.717, 1.165) is 29.7 Å². The summed E-state index contributed by atoms with van der Waals surface area (Å²) in [5.41, 5.74) is 1.89. The molecule has 2 aliphatic rings. The number of aromatic nitrogens is 2. The van der Waals surface area contributed by atoms with Gasteiger partial charge in [0, 0.05) is 32.2 Å². The Labute approximate surface area is 199 Å². The summed E-state index contributed by atoms with van der Waals surface area (Å²) in [6, 6.07) is 13.2. The van der Waals surface area contributed by atoms with E-state index in [2.05, 4.69) is 14.7 Å². The highest BCUT2D eigenvalue weighted by atomic mass is 32.2. The molecule has 0 radical (unpaired) electrons. The Balaban J connectivity index is 1.23. The van der Waals surface area contributed by atoms with Gasteiger partial charge in [0.15, 0.2) is 0 Å². The van der Waals surface area contributed by atoms with Gasteiger partial charge >= 0.3 is 0 Å². The van der Waals surface area contributed by atoms with Crippen LogP contribution in [0.1, 0.15) is 37.4 Å². The molecule has 0 amide bonds. The van der Waals surface area contributed by atoms with Gasteiger partial charge < -0.3 is 9.72 Å². The topological polar surface area (TPSA) is 121 Å². The Bertz CT molecular complexity index is 1320. The predicted molar refractivity (Wildman–Crippen MR) is 127 cm³/mol. The van der Waals surface area contributed by atoms with Gasteiger partial charge in [-0.15, -0.1) is 0 Å². The molecule has 0 aliphatic carbocycles. The molecule has 11 heteroatoms. The van der Waals surface area contributed by atoms with E-state index in [1.165, 1.54) is 28.6 Å². The number of nitrogens with zero attached hydrogens (tertiary/aromatic N) is 2. The molecule has 5 rings (SSSR count). The summed E-state index contributed by atoms with van der Waals surface area (Å²) in [6.07, 6.45) is 2.97. The van der Waals surface area contributed by atoms with Crippen molar-refractivity contribution in [2.24, 2.45) is 0 Å². The lowest BCUT2D eigenvalue weighted by Gasteiger charge is -2.30. The molecule has 0 saturated carbocycles. The van der Waals surface area contributed by atoms with E-state index < -0.39 is 20.0 Å². The lowest BCUT2D eigenvalue weighted by atomic mass is 9.97. The van der Waals surface area contributed by atoms with Gasteiger partial charge in [-0.3, -0.25) is 0 Å². The largest absolute Gasteiger partial charge is 0.377 e. The van der Waals surface area contributed by atoms with Crippen LogP contribution in [0.25, 0.3) is 11.0 Å². The summed E-state index contributed by atoms with van der Waals surface area (Å²) < 4.78 is 60.9. The summed E-state index contributed by atoms with van der Waals surface area (Å²) in [6.45, 7) is 1.62. The third kappa shape index (κ3) is 4.76. The smallest absolute Gasteiger partial charge is 0.243 e. The second-order valence-corrected chi connectivity index (χ2v) is 12.5. The van der Waals surface area contributed by atoms with Gasteiger partial charge in [0.05, 0.1) is 26.9 Å². The highest BCUT2D eigenvalue weighted by Crippen LogP contribution is 2.30. The number of ether oxygens (including phenoxy) is 1. The first-order valence-corrected chi connectivity index (χ1v) is 14.4. The van der Waals surface area contributed by atoms with Crippen molar-refractivity contribution in [2.45, 2.75) is 47.5 Å². The lowest BCUT2D eigenvalue weighted by Crippen LogP contribution is -2.38. The number of para-hydroxylation sites is 2. The SMILES string of the molecule is O=S(=O)(NC[C@H]1CCCO1)c1ccc(S(=O)(=O)N2CCC(c3nc4ccccc4[nH]3)CC2)cc1. The van der Waals surface area contributed by atoms with Crippen LogP contribution in [0, 0.1) is 0 Å². The van der Waals surface area contributed by atoms with E-state index in [1.54, 1.807) is 0 Å². The van der Waals surface area contributed by atoms with Crippen LogP contribution < -0.4 is 4.72 Å². The maximum Gasteiger partial charge on any atom is 0.243 e. The summed E-state index contributed by atoms with van der Waals surface area (Å²) in [5.74, 6) is 1.06. The monoisotopic (exact) mass is 504 g/mol. The first kappa shape index (κ1) is 23.4. The van der Waals surface area contributed by atoms with Gasteiger partial charge in [0.2, 0.25) is 20.0 Å². The van der Waals surface area contributed by atoms with Crippen molar-refractivity contribution in [3.05, 3.63) is 54.4 Å². The third-order valence-corrected chi connectivity index (χ3v) is 9.90. The van der Waals surface area contributed by atoms with Crippen molar-refractivity contribution in [1.82, 2.24) is 19.0 Å². The highest BCUT2D eigenvalue weighted by Gasteiger charge is 2.31. The van der Waals surface area contributed by atoms with Gasteiger partial charge in [-0.05, 0) is 62.1 Å². The van der Waals surface area contributed by atoms with E-state index in [1.807, 2.05) is 24.3 Å². The van der Waals surface area contributed by atoms with Crippen molar-refractivity contribution >= 4 is 31.1 Å². The van der Waals surface area contributed by atoms with E-state index in [0.29, 0.717) is 32.5 Å². The summed E-state index contributed by atoms with van der Waals surface area (Å²) >= 11 is 0. The standard InChI is InChI=1S/C23H28N4O5S2/c28-33(29,24-16-18-4-3-15-32-18)19-7-9-20(10-8-19)34(30,31)27-13-11-17(12-14-27)23-25-21-5-1-2-6-22(21)26-23/h1-2,5-10,17-18,24H,3-4,11-16H2,(H,25,26)/t18-/m1/s1. The van der Waals surface area contributed by atoms with E-state index in [4.69, 9.17) is 4.74 Å². The molecule has 1 aromatic heterocycles. The fourth-order valence-electron chi connectivity index (χ4n) is 4.57. The number of H-pyrrole nitrogens is 1. The quantitative estimate of drug-likeness (QED) is 0.510. The Hall–Kier alpha value is -2.31. The fourth-order valence-corrected chi connectivity index (χ4v) is 7.10. The lowest BCUT2D eigenvalue weighted by molar-refractivity contribution is 0.114. The van der Waals surface area contributed by atoms with Crippen molar-refractivity contribution in [1.29, 1.82) is 0 Å². The van der Waals surface area contributed by atoms with Gasteiger partial charge in [-0.25, -0.2) is 26.5 Å². The van der Waals surface area contributed by atoms with Gasteiger partial charge in [-0.2, -0.15) is 4.31 Å². The maximum atomic E-state index is 13.2. The number of rotatable bonds is 7. The molecule has 9 nitrogen and oxygen atoms in total. The van der Waals surface area contributed by atoms with Crippen LogP contribution >= 0.6 is 0 Å². The van der Waals surface area contributed by atoms with E-state index in [-0.39, 0.29) is 28.4 Å². The Kier molecular flexibility index (Phi) is 6.47. The van der Waals surface area contributed by atoms with Crippen LogP contribution in [0.15, 0.2) is 58.3 Å². The van der Waals surface area contributed by atoms with Crippen LogP contribution in [0.2, 0.25) is 0 Å². The molecule has 3 heterocycles. The normalized spacial score (nSPS) is 20.8. The molecule has 1 atom stereocenters. The molecule has 182 valence electrons. The second-order valence-electron chi connectivity index (χ2n) is 8.78. The van der Waals surface area contributed by atoms with Crippen molar-refractivity contribution in [3.63, 3.8) is 0 Å². The van der Waals surface area contributed by atoms with Gasteiger partial charge in [0.1, 0.15) is 5.82 Å². The Morgan fingerprint density at radius 2 is 1.68 bits per heavy atom. The van der Waals surface area contributed by atoms with E-state index >= 15 is 0 Å². The number of hydrogen-bond donors (Lipinski definition) is 2. The van der Waals surface area contributed by atoms with Gasteiger partial charge in [-0.1, -0.05) is 12.1 Å². The minimum absolute atomic E-state index is 0.0352. The van der Waals surface area contributed by atoms with Crippen molar-refractivity contribution < 1.29 is 21.6 Å². The van der Waals surface area contributed by atoms with Crippen LogP contribution in [0.3, 0.4) is 0 Å². The van der Waals surface area contributed by atoms with Crippen molar-refractivity contribution in [3.8, 4) is 0 Å². The first-order chi connectivity index (χ1) is 16.3. The molecule has 34 heavy (non-hydrogen) atoms. The molecule has 0 unspecified atom stereocenters. The molecule has 0 spiro atoms. The zero-order valence-corrected chi connectivity index (χ0v) is 20.3. The van der Waals surface area contributed by atoms with Crippen LogP contribution in [-0.4, -0.2) is 63.5 Å². The number of piperidine rings is 1. The van der Waals surface area contributed by atoms with E-state index in [9.17, 15) is 16.8 Å². The number of benzene rings is 2. The Morgan fingerprint density at radius 3 is 2.35 bits per heavy atom. The van der Waals surface area contributed by atoms with Crippen LogP contribution in [0.4, 0.5) is 0 Å². The van der Waals surface area contributed by atoms with Crippen molar-refractivity contribution in [2.75, 3.05) is 26.2 Å². The van der Waals surface area contributed by atoms with Crippen LogP contribution in [-0.2, 0) is 24.8 Å². The van der Waals surface area contributed by atoms with Crippen LogP contribution in [0.5, 0.6) is 0 Å². The highest BCUT2D eigenvalue weighted by molar-refractivity contribution is 7.89. The number of nitrogens with one attached hydrogen (secondary N) is 2. The molecule has 2 fully saturated rings. The minimum Gasteiger partial charge on any atom is -0.377 e. The number of aromatic amines is 1. The fraction of sp³-hybridized carbons (Fsp3) is 0.435. The molecule has 3 aromatic rings. The molecule has 0 bridgehead atoms. The molecular weight excluding hydrogens is 476 g/mol. The minimum atomic E-state index is -3.73.